The summed E-state index contributed by atoms with van der Waals surface area (Å²) in [7, 11) is 0. The van der Waals surface area contributed by atoms with E-state index in [1.165, 1.54) is 12.1 Å². The SMILES string of the molecule is CC1CC(C(O)Cc2c(F)ccc(Br)c2F)CO1. The van der Waals surface area contributed by atoms with E-state index >= 15 is 0 Å². The molecule has 1 N–H and O–H groups in total. The predicted molar refractivity (Wildman–Crippen MR) is 67.3 cm³/mol. The van der Waals surface area contributed by atoms with Crippen LogP contribution in [-0.2, 0) is 11.2 Å². The van der Waals surface area contributed by atoms with E-state index in [0.29, 0.717) is 6.61 Å². The van der Waals surface area contributed by atoms with Gasteiger partial charge in [0.1, 0.15) is 11.6 Å². The maximum Gasteiger partial charge on any atom is 0.143 e. The lowest BCUT2D eigenvalue weighted by Crippen LogP contribution is -2.24. The van der Waals surface area contributed by atoms with Crippen molar-refractivity contribution in [2.75, 3.05) is 6.61 Å². The Labute approximate surface area is 113 Å². The second-order valence-corrected chi connectivity index (χ2v) is 5.59. The number of aliphatic hydroxyl groups is 1. The zero-order valence-corrected chi connectivity index (χ0v) is 11.6. The molecule has 0 aliphatic carbocycles. The van der Waals surface area contributed by atoms with Crippen molar-refractivity contribution in [1.29, 1.82) is 0 Å². The minimum atomic E-state index is -0.784. The Morgan fingerprint density at radius 2 is 2.22 bits per heavy atom. The highest BCUT2D eigenvalue weighted by molar-refractivity contribution is 9.10. The molecule has 1 heterocycles. The maximum absolute atomic E-state index is 13.8. The van der Waals surface area contributed by atoms with Crippen LogP contribution in [0.15, 0.2) is 16.6 Å². The van der Waals surface area contributed by atoms with Gasteiger partial charge in [0.25, 0.3) is 0 Å². The van der Waals surface area contributed by atoms with Gasteiger partial charge >= 0.3 is 0 Å². The number of benzene rings is 1. The van der Waals surface area contributed by atoms with E-state index in [4.69, 9.17) is 4.74 Å². The van der Waals surface area contributed by atoms with Crippen LogP contribution in [0.3, 0.4) is 0 Å². The van der Waals surface area contributed by atoms with E-state index in [2.05, 4.69) is 15.9 Å². The van der Waals surface area contributed by atoms with E-state index in [-0.39, 0.29) is 28.5 Å². The first-order valence-corrected chi connectivity index (χ1v) is 6.70. The molecular weight excluding hydrogens is 306 g/mol. The first-order valence-electron chi connectivity index (χ1n) is 5.91. The van der Waals surface area contributed by atoms with Gasteiger partial charge in [0, 0.05) is 17.9 Å². The lowest BCUT2D eigenvalue weighted by molar-refractivity contribution is 0.0796. The summed E-state index contributed by atoms with van der Waals surface area (Å²) in [5.74, 6) is -1.32. The minimum absolute atomic E-state index is 0.0299. The van der Waals surface area contributed by atoms with Gasteiger partial charge in [0.15, 0.2) is 0 Å². The van der Waals surface area contributed by atoms with Crippen molar-refractivity contribution in [1.82, 2.24) is 0 Å². The number of hydrogen-bond acceptors (Lipinski definition) is 2. The van der Waals surface area contributed by atoms with Gasteiger partial charge in [-0.3, -0.25) is 0 Å². The van der Waals surface area contributed by atoms with Crippen LogP contribution in [0.4, 0.5) is 8.78 Å². The Morgan fingerprint density at radius 1 is 1.50 bits per heavy atom. The number of halogens is 3. The zero-order chi connectivity index (χ0) is 13.3. The third kappa shape index (κ3) is 2.90. The summed E-state index contributed by atoms with van der Waals surface area (Å²) in [5.41, 5.74) is -0.0728. The van der Waals surface area contributed by atoms with Gasteiger partial charge in [0.2, 0.25) is 0 Å². The van der Waals surface area contributed by atoms with Crippen LogP contribution in [0.25, 0.3) is 0 Å². The van der Waals surface area contributed by atoms with Crippen molar-refractivity contribution < 1.29 is 18.6 Å². The first-order chi connectivity index (χ1) is 8.49. The molecule has 0 amide bonds. The maximum atomic E-state index is 13.8. The second-order valence-electron chi connectivity index (χ2n) is 4.73. The van der Waals surface area contributed by atoms with Crippen LogP contribution >= 0.6 is 15.9 Å². The topological polar surface area (TPSA) is 29.5 Å². The van der Waals surface area contributed by atoms with Crippen molar-refractivity contribution in [2.45, 2.75) is 32.0 Å². The van der Waals surface area contributed by atoms with E-state index < -0.39 is 17.7 Å². The van der Waals surface area contributed by atoms with Gasteiger partial charge in [-0.05, 0) is 41.4 Å². The molecule has 0 radical (unpaired) electrons. The molecule has 1 saturated heterocycles. The van der Waals surface area contributed by atoms with Crippen molar-refractivity contribution in [2.24, 2.45) is 5.92 Å². The molecule has 0 spiro atoms. The molecule has 3 unspecified atom stereocenters. The fourth-order valence-electron chi connectivity index (χ4n) is 2.25. The molecule has 18 heavy (non-hydrogen) atoms. The van der Waals surface area contributed by atoms with E-state index in [1.807, 2.05) is 6.92 Å². The Hall–Kier alpha value is -0.520. The summed E-state index contributed by atoms with van der Waals surface area (Å²) < 4.78 is 32.9. The predicted octanol–water partition coefficient (Wildman–Crippen LogP) is 3.06. The molecule has 2 nitrogen and oxygen atoms in total. The van der Waals surface area contributed by atoms with Gasteiger partial charge in [-0.2, -0.15) is 0 Å². The third-order valence-electron chi connectivity index (χ3n) is 3.33. The fraction of sp³-hybridized carbons (Fsp3) is 0.538. The Balaban J connectivity index is 2.12. The first kappa shape index (κ1) is 13.9. The normalized spacial score (nSPS) is 25.4. The highest BCUT2D eigenvalue weighted by atomic mass is 79.9. The Morgan fingerprint density at radius 3 is 2.83 bits per heavy atom. The van der Waals surface area contributed by atoms with Gasteiger partial charge in [0.05, 0.1) is 23.3 Å². The summed E-state index contributed by atoms with van der Waals surface area (Å²) in [6.45, 7) is 2.37. The van der Waals surface area contributed by atoms with Crippen LogP contribution in [0.1, 0.15) is 18.9 Å². The molecule has 0 bridgehead atoms. The molecule has 1 aromatic rings. The number of ether oxygens (including phenoxy) is 1. The average Bonchev–Trinajstić information content (AvgIpc) is 2.76. The largest absolute Gasteiger partial charge is 0.392 e. The van der Waals surface area contributed by atoms with Gasteiger partial charge in [-0.1, -0.05) is 0 Å². The third-order valence-corrected chi connectivity index (χ3v) is 3.94. The number of hydrogen-bond donors (Lipinski definition) is 1. The number of rotatable bonds is 3. The Kier molecular flexibility index (Phi) is 4.35. The fourth-order valence-corrected chi connectivity index (χ4v) is 2.62. The summed E-state index contributed by atoms with van der Waals surface area (Å²) in [5, 5.41) is 10.0. The average molecular weight is 321 g/mol. The van der Waals surface area contributed by atoms with Crippen molar-refractivity contribution >= 4 is 15.9 Å². The summed E-state index contributed by atoms with van der Waals surface area (Å²) in [6, 6.07) is 2.52. The molecule has 2 rings (SSSR count). The molecular formula is C13H15BrF2O2. The molecule has 3 atom stereocenters. The van der Waals surface area contributed by atoms with Gasteiger partial charge in [-0.25, -0.2) is 8.78 Å². The van der Waals surface area contributed by atoms with Crippen LogP contribution in [0, 0.1) is 17.6 Å². The standard InChI is InChI=1S/C13H15BrF2O2/c1-7-4-8(6-18-7)12(17)5-9-11(15)3-2-10(14)13(9)16/h2-3,7-8,12,17H,4-6H2,1H3. The zero-order valence-electron chi connectivity index (χ0n) is 10.00. The van der Waals surface area contributed by atoms with E-state index in [9.17, 15) is 13.9 Å². The van der Waals surface area contributed by atoms with E-state index in [0.717, 1.165) is 6.42 Å². The molecule has 0 aromatic heterocycles. The summed E-state index contributed by atoms with van der Waals surface area (Å²) in [6.07, 6.45) is 0.00565. The minimum Gasteiger partial charge on any atom is -0.392 e. The quantitative estimate of drug-likeness (QED) is 0.867. The highest BCUT2D eigenvalue weighted by Crippen LogP contribution is 2.27. The molecule has 1 fully saturated rings. The second kappa shape index (κ2) is 5.63. The molecule has 1 aromatic carbocycles. The molecule has 1 aliphatic rings. The van der Waals surface area contributed by atoms with Crippen molar-refractivity contribution in [3.63, 3.8) is 0 Å². The lowest BCUT2D eigenvalue weighted by atomic mass is 9.93. The van der Waals surface area contributed by atoms with Crippen LogP contribution in [0.5, 0.6) is 0 Å². The van der Waals surface area contributed by atoms with Gasteiger partial charge in [-0.15, -0.1) is 0 Å². The molecule has 0 saturated carbocycles. The monoisotopic (exact) mass is 320 g/mol. The summed E-state index contributed by atoms with van der Waals surface area (Å²) >= 11 is 3.02. The Bertz CT molecular complexity index is 439. The molecule has 1 aliphatic heterocycles. The smallest absolute Gasteiger partial charge is 0.143 e. The molecule has 100 valence electrons. The lowest BCUT2D eigenvalue weighted by Gasteiger charge is -2.17. The van der Waals surface area contributed by atoms with Crippen LogP contribution < -0.4 is 0 Å². The number of aliphatic hydroxyl groups excluding tert-OH is 1. The molecule has 5 heteroatoms. The van der Waals surface area contributed by atoms with Crippen molar-refractivity contribution in [3.8, 4) is 0 Å². The van der Waals surface area contributed by atoms with Crippen molar-refractivity contribution in [3.05, 3.63) is 33.8 Å². The van der Waals surface area contributed by atoms with Crippen LogP contribution in [-0.4, -0.2) is 23.9 Å². The highest BCUT2D eigenvalue weighted by Gasteiger charge is 2.29. The van der Waals surface area contributed by atoms with Gasteiger partial charge < -0.3 is 9.84 Å². The summed E-state index contributed by atoms with van der Waals surface area (Å²) in [4.78, 5) is 0. The van der Waals surface area contributed by atoms with E-state index in [1.54, 1.807) is 0 Å². The van der Waals surface area contributed by atoms with Crippen LogP contribution in [0.2, 0.25) is 0 Å².